The highest BCUT2D eigenvalue weighted by atomic mass is 32.1. The Bertz CT molecular complexity index is 2650. The fraction of sp³-hybridized carbons (Fsp3) is 0.327. The highest BCUT2D eigenvalue weighted by Crippen LogP contribution is 2.43. The van der Waals surface area contributed by atoms with Crippen molar-refractivity contribution in [2.45, 2.75) is 64.7 Å². The van der Waals surface area contributed by atoms with Gasteiger partial charge in [-0.15, -0.1) is 11.3 Å². The lowest BCUT2D eigenvalue weighted by Gasteiger charge is -2.26. The number of aromatic nitrogens is 1. The van der Waals surface area contributed by atoms with E-state index in [1.54, 1.807) is 67.6 Å². The van der Waals surface area contributed by atoms with Gasteiger partial charge in [-0.1, -0.05) is 13.5 Å². The lowest BCUT2D eigenvalue weighted by atomic mass is 9.82. The zero-order valence-electron chi connectivity index (χ0n) is 36.8. The molecule has 0 atom stereocenters. The third kappa shape index (κ3) is 12.6. The van der Waals surface area contributed by atoms with E-state index in [0.29, 0.717) is 89.6 Å². The average molecular weight is 951 g/mol. The predicted molar refractivity (Wildman–Crippen MR) is 242 cm³/mol. The molecule has 0 saturated heterocycles. The van der Waals surface area contributed by atoms with Crippen LogP contribution in [0.2, 0.25) is 0 Å². The van der Waals surface area contributed by atoms with E-state index in [4.69, 9.17) is 42.9 Å². The summed E-state index contributed by atoms with van der Waals surface area (Å²) in [7, 11) is 0. The van der Waals surface area contributed by atoms with Crippen LogP contribution in [0.5, 0.6) is 34.5 Å². The number of non-ortho nitro benzene ring substituents is 1. The Labute approximate surface area is 393 Å². The third-order valence-corrected chi connectivity index (χ3v) is 12.5. The number of fused-ring (bicyclic) bond motifs is 1. The molecule has 354 valence electrons. The van der Waals surface area contributed by atoms with E-state index in [-0.39, 0.29) is 42.7 Å². The van der Waals surface area contributed by atoms with Gasteiger partial charge in [0.1, 0.15) is 38.2 Å². The molecule has 18 nitrogen and oxygen atoms in total. The molecule has 0 amide bonds. The summed E-state index contributed by atoms with van der Waals surface area (Å²) in [5, 5.41) is 11.8. The van der Waals surface area contributed by atoms with Crippen LogP contribution < -0.4 is 28.4 Å². The first-order valence-corrected chi connectivity index (χ1v) is 22.6. The molecule has 0 radical (unpaired) electrons. The average Bonchev–Trinajstić information content (AvgIpc) is 3.82. The highest BCUT2D eigenvalue weighted by molar-refractivity contribution is 7.22. The molecule has 0 N–H and O–H groups in total. The number of carbonyl (C=O) groups is 6. The molecule has 0 bridgehead atoms. The van der Waals surface area contributed by atoms with Gasteiger partial charge >= 0.3 is 35.8 Å². The van der Waals surface area contributed by atoms with Crippen LogP contribution in [0.3, 0.4) is 0 Å². The largest absolute Gasteiger partial charge is 0.457 e. The monoisotopic (exact) mass is 950 g/mol. The summed E-state index contributed by atoms with van der Waals surface area (Å²) >= 11 is 1.16. The SMILES string of the molecule is C=CC(=O)OCOc1ccc(OC(=O)C2CCC(C(=O)Oc3ccc(OC(=O)C4CCC(C(=O)Oc5ccc(OCOC(=O)CC)cc5)CC4)c4nc(-c5ccc([N+](=O)[O-])cc5)sc34)CC2)cc1. The van der Waals surface area contributed by atoms with Gasteiger partial charge in [0, 0.05) is 30.2 Å². The predicted octanol–water partition coefficient (Wildman–Crippen LogP) is 8.86. The topological polar surface area (TPSA) is 232 Å². The van der Waals surface area contributed by atoms with Gasteiger partial charge in [0.05, 0.1) is 28.6 Å². The minimum atomic E-state index is -0.625. The van der Waals surface area contributed by atoms with Crippen molar-refractivity contribution in [1.82, 2.24) is 4.98 Å². The fourth-order valence-electron chi connectivity index (χ4n) is 7.57. The maximum absolute atomic E-state index is 13.6. The smallest absolute Gasteiger partial charge is 0.333 e. The van der Waals surface area contributed by atoms with Crippen LogP contribution in [0.15, 0.2) is 97.6 Å². The van der Waals surface area contributed by atoms with Crippen molar-refractivity contribution in [3.05, 3.63) is 108 Å². The van der Waals surface area contributed by atoms with E-state index in [9.17, 15) is 38.9 Å². The molecule has 1 aromatic heterocycles. The number of benzene rings is 4. The van der Waals surface area contributed by atoms with Crippen molar-refractivity contribution in [2.24, 2.45) is 23.7 Å². The van der Waals surface area contributed by atoms with Crippen LogP contribution >= 0.6 is 11.3 Å². The summed E-state index contributed by atoms with van der Waals surface area (Å²) in [6.45, 7) is 4.45. The molecule has 4 aromatic carbocycles. The first kappa shape index (κ1) is 48.3. The van der Waals surface area contributed by atoms with Gasteiger partial charge in [-0.3, -0.25) is 34.1 Å². The van der Waals surface area contributed by atoms with E-state index < -0.39 is 64.4 Å². The van der Waals surface area contributed by atoms with Crippen molar-refractivity contribution in [2.75, 3.05) is 13.6 Å². The second-order valence-corrected chi connectivity index (χ2v) is 16.8. The Morgan fingerprint density at radius 2 is 1.04 bits per heavy atom. The Morgan fingerprint density at radius 1 is 0.618 bits per heavy atom. The molecule has 0 aliphatic heterocycles. The lowest BCUT2D eigenvalue weighted by Crippen LogP contribution is -2.30. The molecule has 5 aromatic rings. The van der Waals surface area contributed by atoms with Crippen LogP contribution in [0.25, 0.3) is 20.8 Å². The Kier molecular flexibility index (Phi) is 16.1. The van der Waals surface area contributed by atoms with Crippen molar-refractivity contribution in [3.8, 4) is 45.1 Å². The van der Waals surface area contributed by atoms with Gasteiger partial charge in [-0.2, -0.15) is 0 Å². The van der Waals surface area contributed by atoms with Gasteiger partial charge in [0.2, 0.25) is 13.6 Å². The summed E-state index contributed by atoms with van der Waals surface area (Å²) in [5.41, 5.74) is 0.696. The number of nitro groups is 1. The molecular formula is C49H46N2O16S. The number of hydrogen-bond donors (Lipinski definition) is 0. The molecule has 2 saturated carbocycles. The maximum Gasteiger partial charge on any atom is 0.333 e. The summed E-state index contributed by atoms with van der Waals surface area (Å²) in [5.74, 6) is -3.07. The number of nitro benzene ring substituents is 1. The normalized spacial score (nSPS) is 17.7. The summed E-state index contributed by atoms with van der Waals surface area (Å²) < 4.78 is 43.9. The highest BCUT2D eigenvalue weighted by Gasteiger charge is 2.35. The Balaban J connectivity index is 0.951. The summed E-state index contributed by atoms with van der Waals surface area (Å²) in [4.78, 5) is 91.4. The molecule has 1 heterocycles. The fourth-order valence-corrected chi connectivity index (χ4v) is 8.61. The van der Waals surface area contributed by atoms with Gasteiger partial charge < -0.3 is 37.9 Å². The van der Waals surface area contributed by atoms with Crippen LogP contribution in [0, 0.1) is 33.8 Å². The van der Waals surface area contributed by atoms with Gasteiger partial charge in [-0.05, 0) is 124 Å². The minimum absolute atomic E-state index is 0.107. The number of esters is 6. The molecule has 0 unspecified atom stereocenters. The van der Waals surface area contributed by atoms with Gasteiger partial charge in [0.15, 0.2) is 11.5 Å². The molecule has 2 fully saturated rings. The van der Waals surface area contributed by atoms with Crippen molar-refractivity contribution in [1.29, 1.82) is 0 Å². The van der Waals surface area contributed by atoms with Crippen molar-refractivity contribution >= 4 is 63.1 Å². The van der Waals surface area contributed by atoms with Crippen LogP contribution in [-0.2, 0) is 38.2 Å². The Hall–Kier alpha value is -7.67. The second kappa shape index (κ2) is 22.7. The van der Waals surface area contributed by atoms with Crippen LogP contribution in [0.4, 0.5) is 5.69 Å². The maximum atomic E-state index is 13.6. The molecule has 19 heteroatoms. The van der Waals surface area contributed by atoms with Crippen molar-refractivity contribution in [3.63, 3.8) is 0 Å². The lowest BCUT2D eigenvalue weighted by molar-refractivity contribution is -0.384. The zero-order chi connectivity index (χ0) is 48.2. The van der Waals surface area contributed by atoms with Gasteiger partial charge in [-0.25, -0.2) is 9.78 Å². The molecule has 2 aliphatic rings. The van der Waals surface area contributed by atoms with Crippen molar-refractivity contribution < 1.29 is 71.6 Å². The standard InChI is InChI=1S/C49H46N2O16S/c1-3-41(52)62-27-60-35-17-21-37(22-18-35)64-46(54)30-5-9-32(10-6-30)48(56)66-39-25-26-40(44-43(39)50-45(68-44)29-13-15-34(16-14-29)51(58)59)67-49(57)33-11-7-31(8-12-33)47(55)65-38-23-19-36(20-24-38)61-28-63-42(53)4-2/h4,13-26,30-33H,2-3,5-12,27-28H2,1H3. The summed E-state index contributed by atoms with van der Waals surface area (Å²) in [6, 6.07) is 21.4. The minimum Gasteiger partial charge on any atom is -0.457 e. The quantitative estimate of drug-likeness (QED) is 0.0199. The van der Waals surface area contributed by atoms with E-state index in [1.807, 2.05) is 0 Å². The van der Waals surface area contributed by atoms with Gasteiger partial charge in [0.25, 0.3) is 5.69 Å². The number of hydrogen-bond acceptors (Lipinski definition) is 18. The van der Waals surface area contributed by atoms with E-state index in [0.717, 1.165) is 17.4 Å². The second-order valence-electron chi connectivity index (χ2n) is 15.8. The van der Waals surface area contributed by atoms with E-state index in [1.165, 1.54) is 24.3 Å². The molecule has 0 spiro atoms. The molecule has 2 aliphatic carbocycles. The summed E-state index contributed by atoms with van der Waals surface area (Å²) in [6.07, 6.45) is 4.27. The number of rotatable bonds is 18. The first-order chi connectivity index (χ1) is 32.9. The number of nitrogens with zero attached hydrogens (tertiary/aromatic N) is 2. The number of carbonyl (C=O) groups excluding carboxylic acids is 6. The zero-order valence-corrected chi connectivity index (χ0v) is 37.6. The van der Waals surface area contributed by atoms with E-state index in [2.05, 4.69) is 6.58 Å². The molecule has 68 heavy (non-hydrogen) atoms. The number of thiazole rings is 1. The number of ether oxygens (including phenoxy) is 8. The molecular weight excluding hydrogens is 905 g/mol. The third-order valence-electron chi connectivity index (χ3n) is 11.4. The Morgan fingerprint density at radius 3 is 1.50 bits per heavy atom. The molecule has 7 rings (SSSR count). The van der Waals surface area contributed by atoms with E-state index >= 15 is 0 Å². The van der Waals surface area contributed by atoms with Crippen LogP contribution in [0.1, 0.15) is 64.7 Å². The first-order valence-electron chi connectivity index (χ1n) is 21.8. The van der Waals surface area contributed by atoms with Crippen LogP contribution in [-0.4, -0.2) is 59.3 Å².